The zero-order valence-electron chi connectivity index (χ0n) is 19.1. The van der Waals surface area contributed by atoms with Crippen molar-refractivity contribution in [3.8, 4) is 11.1 Å². The second-order valence-electron chi connectivity index (χ2n) is 7.01. The molecule has 4 rings (SSSR count). The number of nitrogens with two attached hydrogens (primary N) is 2. The SMILES string of the molecule is CC.Cn1c(=O)cc(-c2cccc(Cl)c2)c2cc(Cc3ccc(Cl)cc3)ccc21.N/C=C\N. The van der Waals surface area contributed by atoms with Crippen molar-refractivity contribution in [2.24, 2.45) is 18.5 Å². The van der Waals surface area contributed by atoms with E-state index >= 15 is 0 Å². The van der Waals surface area contributed by atoms with E-state index < -0.39 is 0 Å². The lowest BCUT2D eigenvalue weighted by atomic mass is 9.97. The minimum absolute atomic E-state index is 0.0390. The van der Waals surface area contributed by atoms with Crippen molar-refractivity contribution in [3.05, 3.63) is 117 Å². The number of aryl methyl sites for hydroxylation is 1. The van der Waals surface area contributed by atoms with E-state index in [-0.39, 0.29) is 5.56 Å². The summed E-state index contributed by atoms with van der Waals surface area (Å²) in [6.45, 7) is 4.00. The Balaban J connectivity index is 0.000000582. The minimum Gasteiger partial charge on any atom is -0.403 e. The first kappa shape index (κ1) is 26.0. The summed E-state index contributed by atoms with van der Waals surface area (Å²) in [5, 5.41) is 2.42. The van der Waals surface area contributed by atoms with Gasteiger partial charge in [0.25, 0.3) is 5.56 Å². The Hall–Kier alpha value is -3.21. The summed E-state index contributed by atoms with van der Waals surface area (Å²) in [5.41, 5.74) is 14.5. The largest absolute Gasteiger partial charge is 0.403 e. The minimum atomic E-state index is -0.0390. The molecule has 0 atom stereocenters. The Bertz CT molecular complexity index is 1280. The van der Waals surface area contributed by atoms with Crippen LogP contribution in [-0.4, -0.2) is 4.57 Å². The van der Waals surface area contributed by atoms with E-state index in [4.69, 9.17) is 34.7 Å². The van der Waals surface area contributed by atoms with Gasteiger partial charge < -0.3 is 16.0 Å². The lowest BCUT2D eigenvalue weighted by Crippen LogP contribution is -2.16. The maximum atomic E-state index is 12.4. The van der Waals surface area contributed by atoms with Crippen LogP contribution in [0.5, 0.6) is 0 Å². The normalized spacial score (nSPS) is 10.3. The monoisotopic (exact) mass is 481 g/mol. The number of pyridine rings is 1. The van der Waals surface area contributed by atoms with Gasteiger partial charge in [-0.25, -0.2) is 0 Å². The van der Waals surface area contributed by atoms with Crippen LogP contribution in [0.15, 0.2) is 90.0 Å². The van der Waals surface area contributed by atoms with Crippen LogP contribution < -0.4 is 17.0 Å². The molecule has 0 bridgehead atoms. The van der Waals surface area contributed by atoms with Gasteiger partial charge in [0.05, 0.1) is 5.52 Å². The van der Waals surface area contributed by atoms with Gasteiger partial charge in [-0.3, -0.25) is 4.79 Å². The molecule has 1 aromatic heterocycles. The van der Waals surface area contributed by atoms with Gasteiger partial charge in [0.1, 0.15) is 0 Å². The number of fused-ring (bicyclic) bond motifs is 1. The average molecular weight is 482 g/mol. The van der Waals surface area contributed by atoms with Gasteiger partial charge >= 0.3 is 0 Å². The third kappa shape index (κ3) is 6.88. The molecule has 0 spiro atoms. The van der Waals surface area contributed by atoms with E-state index in [0.717, 1.165) is 33.5 Å². The first-order valence-electron chi connectivity index (χ1n) is 10.6. The molecular weight excluding hydrogens is 453 g/mol. The summed E-state index contributed by atoms with van der Waals surface area (Å²) in [4.78, 5) is 12.4. The molecule has 0 saturated carbocycles. The highest BCUT2D eigenvalue weighted by atomic mass is 35.5. The zero-order valence-corrected chi connectivity index (χ0v) is 20.6. The summed E-state index contributed by atoms with van der Waals surface area (Å²) < 4.78 is 1.68. The summed E-state index contributed by atoms with van der Waals surface area (Å²) in [6.07, 6.45) is 3.35. The van der Waals surface area contributed by atoms with Crippen LogP contribution in [0.25, 0.3) is 22.0 Å². The lowest BCUT2D eigenvalue weighted by Gasteiger charge is -2.13. The van der Waals surface area contributed by atoms with E-state index in [1.165, 1.54) is 23.5 Å². The molecule has 0 radical (unpaired) electrons. The highest BCUT2D eigenvalue weighted by Gasteiger charge is 2.10. The van der Waals surface area contributed by atoms with Gasteiger partial charge in [0.2, 0.25) is 0 Å². The van der Waals surface area contributed by atoms with Crippen LogP contribution in [0.4, 0.5) is 0 Å². The molecular formula is C27H29Cl2N3O. The molecule has 4 nitrogen and oxygen atoms in total. The number of halogens is 2. The third-order valence-electron chi connectivity index (χ3n) is 4.88. The number of benzene rings is 3. The van der Waals surface area contributed by atoms with E-state index in [1.807, 2.05) is 68.4 Å². The van der Waals surface area contributed by atoms with Crippen molar-refractivity contribution < 1.29 is 0 Å². The van der Waals surface area contributed by atoms with Crippen LogP contribution >= 0.6 is 23.2 Å². The van der Waals surface area contributed by atoms with E-state index in [0.29, 0.717) is 5.02 Å². The number of hydrogen-bond donors (Lipinski definition) is 2. The van der Waals surface area contributed by atoms with Gasteiger partial charge in [0, 0.05) is 40.9 Å². The Labute approximate surface area is 205 Å². The summed E-state index contributed by atoms with van der Waals surface area (Å²) >= 11 is 12.2. The average Bonchev–Trinajstić information content (AvgIpc) is 2.84. The first-order valence-corrected chi connectivity index (χ1v) is 11.4. The van der Waals surface area contributed by atoms with Crippen LogP contribution in [0.1, 0.15) is 25.0 Å². The molecule has 4 N–H and O–H groups in total. The van der Waals surface area contributed by atoms with Gasteiger partial charge in [-0.2, -0.15) is 0 Å². The Morgan fingerprint density at radius 1 is 0.818 bits per heavy atom. The summed E-state index contributed by atoms with van der Waals surface area (Å²) in [6, 6.07) is 23.4. The summed E-state index contributed by atoms with van der Waals surface area (Å²) in [5.74, 6) is 0. The first-order chi connectivity index (χ1) is 15.9. The van der Waals surface area contributed by atoms with Crippen molar-refractivity contribution in [2.75, 3.05) is 0 Å². The third-order valence-corrected chi connectivity index (χ3v) is 5.37. The molecule has 0 unspecified atom stereocenters. The van der Waals surface area contributed by atoms with Crippen molar-refractivity contribution in [3.63, 3.8) is 0 Å². The second kappa shape index (κ2) is 12.7. The van der Waals surface area contributed by atoms with Crippen molar-refractivity contribution in [2.45, 2.75) is 20.3 Å². The molecule has 172 valence electrons. The fraction of sp³-hybridized carbons (Fsp3) is 0.148. The Kier molecular flexibility index (Phi) is 10.0. The van der Waals surface area contributed by atoms with Crippen molar-refractivity contribution in [1.29, 1.82) is 0 Å². The van der Waals surface area contributed by atoms with Crippen molar-refractivity contribution in [1.82, 2.24) is 4.57 Å². The number of aromatic nitrogens is 1. The quantitative estimate of drug-likeness (QED) is 0.350. The van der Waals surface area contributed by atoms with Gasteiger partial charge in [-0.1, -0.05) is 67.4 Å². The highest BCUT2D eigenvalue weighted by Crippen LogP contribution is 2.30. The molecule has 1 heterocycles. The summed E-state index contributed by atoms with van der Waals surface area (Å²) in [7, 11) is 1.80. The van der Waals surface area contributed by atoms with Gasteiger partial charge in [0.15, 0.2) is 0 Å². The van der Waals surface area contributed by atoms with Crippen LogP contribution in [-0.2, 0) is 13.5 Å². The fourth-order valence-corrected chi connectivity index (χ4v) is 3.67. The predicted molar refractivity (Wildman–Crippen MR) is 143 cm³/mol. The number of rotatable bonds is 3. The molecule has 0 aliphatic carbocycles. The maximum Gasteiger partial charge on any atom is 0.251 e. The lowest BCUT2D eigenvalue weighted by molar-refractivity contribution is 0.906. The molecule has 0 aliphatic heterocycles. The van der Waals surface area contributed by atoms with E-state index in [1.54, 1.807) is 17.7 Å². The number of hydrogen-bond acceptors (Lipinski definition) is 3. The molecule has 3 aromatic carbocycles. The zero-order chi connectivity index (χ0) is 24.4. The fourth-order valence-electron chi connectivity index (χ4n) is 3.35. The van der Waals surface area contributed by atoms with E-state index in [9.17, 15) is 4.79 Å². The molecule has 4 aromatic rings. The maximum absolute atomic E-state index is 12.4. The van der Waals surface area contributed by atoms with Crippen LogP contribution in [0.2, 0.25) is 10.0 Å². The van der Waals surface area contributed by atoms with Crippen molar-refractivity contribution >= 4 is 34.1 Å². The van der Waals surface area contributed by atoms with Gasteiger partial charge in [-0.05, 0) is 65.1 Å². The molecule has 33 heavy (non-hydrogen) atoms. The molecule has 0 aliphatic rings. The topological polar surface area (TPSA) is 74.0 Å². The van der Waals surface area contributed by atoms with Gasteiger partial charge in [-0.15, -0.1) is 0 Å². The Morgan fingerprint density at radius 3 is 2.06 bits per heavy atom. The molecule has 0 amide bonds. The number of nitrogens with zero attached hydrogens (tertiary/aromatic N) is 1. The standard InChI is InChI=1S/C23H17Cl2NO.C2H6N2.C2H6/c1-26-22-10-7-16(11-15-5-8-18(24)9-6-15)12-21(22)20(14-23(26)27)17-3-2-4-19(25)13-17;3-1-2-4;1-2/h2-10,12-14H,11H2,1H3;1-2H,3-4H2;1-2H3/b;2-1-;. The predicted octanol–water partition coefficient (Wildman–Crippen LogP) is 6.50. The molecule has 0 fully saturated rings. The smallest absolute Gasteiger partial charge is 0.251 e. The molecule has 0 saturated heterocycles. The van der Waals surface area contributed by atoms with Crippen LogP contribution in [0.3, 0.4) is 0 Å². The Morgan fingerprint density at radius 2 is 1.45 bits per heavy atom. The highest BCUT2D eigenvalue weighted by molar-refractivity contribution is 6.31. The second-order valence-corrected chi connectivity index (χ2v) is 7.88. The van der Waals surface area contributed by atoms with E-state index in [2.05, 4.69) is 12.1 Å². The molecule has 6 heteroatoms. The van der Waals surface area contributed by atoms with Crippen LogP contribution in [0, 0.1) is 0 Å².